The fourth-order valence-electron chi connectivity index (χ4n) is 2.84. The molecule has 0 aromatic rings. The maximum Gasteiger partial charge on any atom is 0.314 e. The van der Waals surface area contributed by atoms with Gasteiger partial charge in [-0.15, -0.1) is 0 Å². The molecule has 1 fully saturated rings. The quantitative estimate of drug-likeness (QED) is 0.704. The lowest BCUT2D eigenvalue weighted by Crippen LogP contribution is -2.46. The van der Waals surface area contributed by atoms with E-state index in [9.17, 15) is 4.79 Å². The van der Waals surface area contributed by atoms with Crippen LogP contribution in [-0.2, 0) is 0 Å². The second kappa shape index (κ2) is 7.62. The molecule has 1 unspecified atom stereocenters. The fourth-order valence-corrected chi connectivity index (χ4v) is 2.84. The Labute approximate surface area is 111 Å². The molecule has 0 saturated heterocycles. The number of hydrogen-bond donors (Lipinski definition) is 3. The molecular formula is C14H29N3O. The molecule has 1 atom stereocenters. The van der Waals surface area contributed by atoms with Gasteiger partial charge >= 0.3 is 6.03 Å². The van der Waals surface area contributed by atoms with Gasteiger partial charge in [0.2, 0.25) is 0 Å². The van der Waals surface area contributed by atoms with E-state index in [1.54, 1.807) is 0 Å². The molecule has 4 N–H and O–H groups in total. The van der Waals surface area contributed by atoms with Gasteiger partial charge in [-0.2, -0.15) is 0 Å². The molecule has 0 spiro atoms. The monoisotopic (exact) mass is 255 g/mol. The number of urea groups is 1. The Morgan fingerprint density at radius 3 is 2.22 bits per heavy atom. The lowest BCUT2D eigenvalue weighted by Gasteiger charge is -2.34. The Morgan fingerprint density at radius 2 is 1.72 bits per heavy atom. The van der Waals surface area contributed by atoms with E-state index < -0.39 is 0 Å². The van der Waals surface area contributed by atoms with E-state index in [1.165, 1.54) is 25.7 Å². The number of nitrogens with one attached hydrogen (secondary N) is 2. The number of nitrogens with two attached hydrogens (primary N) is 1. The Hall–Kier alpha value is -0.770. The van der Waals surface area contributed by atoms with Crippen molar-refractivity contribution in [3.8, 4) is 0 Å². The predicted molar refractivity (Wildman–Crippen MR) is 75.3 cm³/mol. The molecule has 4 nitrogen and oxygen atoms in total. The van der Waals surface area contributed by atoms with Crippen LogP contribution in [0.15, 0.2) is 0 Å². The van der Waals surface area contributed by atoms with Crippen LogP contribution < -0.4 is 16.4 Å². The number of amides is 2. The molecule has 2 amide bonds. The average Bonchev–Trinajstić information content (AvgIpc) is 2.36. The molecule has 106 valence electrons. The summed E-state index contributed by atoms with van der Waals surface area (Å²) >= 11 is 0. The zero-order valence-electron chi connectivity index (χ0n) is 12.0. The summed E-state index contributed by atoms with van der Waals surface area (Å²) < 4.78 is 0. The van der Waals surface area contributed by atoms with E-state index in [1.807, 2.05) is 6.92 Å². The molecule has 0 radical (unpaired) electrons. The molecule has 18 heavy (non-hydrogen) atoms. The van der Waals surface area contributed by atoms with Gasteiger partial charge in [0.25, 0.3) is 0 Å². The normalized spacial score (nSPS) is 25.8. The number of rotatable bonds is 5. The van der Waals surface area contributed by atoms with E-state index in [-0.39, 0.29) is 12.1 Å². The van der Waals surface area contributed by atoms with Crippen LogP contribution in [0.25, 0.3) is 0 Å². The summed E-state index contributed by atoms with van der Waals surface area (Å²) in [5.74, 6) is 2.22. The molecule has 0 aromatic carbocycles. The molecule has 1 rings (SSSR count). The fraction of sp³-hybridized carbons (Fsp3) is 0.929. The second-order valence-electron chi connectivity index (χ2n) is 5.82. The Kier molecular flexibility index (Phi) is 6.47. The first kappa shape index (κ1) is 15.3. The van der Waals surface area contributed by atoms with Crippen molar-refractivity contribution in [3.63, 3.8) is 0 Å². The van der Waals surface area contributed by atoms with Crippen molar-refractivity contribution < 1.29 is 4.79 Å². The van der Waals surface area contributed by atoms with Gasteiger partial charge in [-0.25, -0.2) is 4.79 Å². The topological polar surface area (TPSA) is 67.2 Å². The predicted octanol–water partition coefficient (Wildman–Crippen LogP) is 2.10. The minimum absolute atomic E-state index is 0.0979. The highest BCUT2D eigenvalue weighted by Crippen LogP contribution is 2.34. The largest absolute Gasteiger partial charge is 0.338 e. The van der Waals surface area contributed by atoms with Crippen LogP contribution in [0.3, 0.4) is 0 Å². The molecule has 0 heterocycles. The Bertz CT molecular complexity index is 247. The molecule has 4 heteroatoms. The van der Waals surface area contributed by atoms with Gasteiger partial charge in [0.1, 0.15) is 0 Å². The first-order valence-electron chi connectivity index (χ1n) is 7.31. The van der Waals surface area contributed by atoms with Gasteiger partial charge in [0.15, 0.2) is 0 Å². The third-order valence-electron chi connectivity index (χ3n) is 4.20. The van der Waals surface area contributed by atoms with Crippen molar-refractivity contribution in [3.05, 3.63) is 0 Å². The average molecular weight is 255 g/mol. The lowest BCUT2D eigenvalue weighted by molar-refractivity contribution is 0.199. The first-order chi connectivity index (χ1) is 8.54. The molecule has 1 aliphatic rings. The smallest absolute Gasteiger partial charge is 0.314 e. The van der Waals surface area contributed by atoms with E-state index in [2.05, 4.69) is 24.5 Å². The van der Waals surface area contributed by atoms with Gasteiger partial charge < -0.3 is 16.4 Å². The van der Waals surface area contributed by atoms with Crippen molar-refractivity contribution in [1.29, 1.82) is 0 Å². The minimum atomic E-state index is -0.108. The first-order valence-corrected chi connectivity index (χ1v) is 7.31. The summed E-state index contributed by atoms with van der Waals surface area (Å²) in [4.78, 5) is 11.3. The van der Waals surface area contributed by atoms with Crippen molar-refractivity contribution in [2.24, 2.45) is 23.5 Å². The van der Waals surface area contributed by atoms with Gasteiger partial charge in [0.05, 0.1) is 0 Å². The van der Waals surface area contributed by atoms with E-state index >= 15 is 0 Å². The Morgan fingerprint density at radius 1 is 1.17 bits per heavy atom. The molecule has 0 bridgehead atoms. The summed E-state index contributed by atoms with van der Waals surface area (Å²) in [7, 11) is 0. The van der Waals surface area contributed by atoms with Crippen molar-refractivity contribution in [2.45, 2.75) is 52.5 Å². The summed E-state index contributed by atoms with van der Waals surface area (Å²) in [6.45, 7) is 7.76. The van der Waals surface area contributed by atoms with Crippen LogP contribution in [0, 0.1) is 17.8 Å². The van der Waals surface area contributed by atoms with Crippen LogP contribution >= 0.6 is 0 Å². The minimum Gasteiger partial charge on any atom is -0.338 e. The third kappa shape index (κ3) is 4.84. The van der Waals surface area contributed by atoms with Crippen molar-refractivity contribution >= 4 is 6.03 Å². The standard InChI is InChI=1S/C14H29N3O/c1-4-16-14(18)17-9-13(15)12-7-5-11(6-8-12)10(2)3/h10-13H,4-9,15H2,1-3H3,(H2,16,17,18). The molecular weight excluding hydrogens is 226 g/mol. The summed E-state index contributed by atoms with van der Waals surface area (Å²) in [6, 6.07) is -0.00969. The SMILES string of the molecule is CCNC(=O)NCC(N)C1CCC(C(C)C)CC1. The van der Waals surface area contributed by atoms with Crippen molar-refractivity contribution in [2.75, 3.05) is 13.1 Å². The van der Waals surface area contributed by atoms with Crippen LogP contribution in [0.2, 0.25) is 0 Å². The van der Waals surface area contributed by atoms with E-state index in [0.29, 0.717) is 19.0 Å². The van der Waals surface area contributed by atoms with Crippen LogP contribution in [0.1, 0.15) is 46.5 Å². The number of carbonyl (C=O) groups is 1. The number of hydrogen-bond acceptors (Lipinski definition) is 2. The highest BCUT2D eigenvalue weighted by molar-refractivity contribution is 5.73. The second-order valence-corrected chi connectivity index (χ2v) is 5.82. The van der Waals surface area contributed by atoms with E-state index in [0.717, 1.165) is 11.8 Å². The van der Waals surface area contributed by atoms with Gasteiger partial charge in [-0.05, 0) is 50.4 Å². The highest BCUT2D eigenvalue weighted by Gasteiger charge is 2.26. The van der Waals surface area contributed by atoms with Crippen LogP contribution in [0.5, 0.6) is 0 Å². The van der Waals surface area contributed by atoms with Crippen LogP contribution in [0.4, 0.5) is 4.79 Å². The maximum absolute atomic E-state index is 11.3. The lowest BCUT2D eigenvalue weighted by atomic mass is 9.75. The third-order valence-corrected chi connectivity index (χ3v) is 4.20. The molecule has 0 aromatic heterocycles. The van der Waals surface area contributed by atoms with E-state index in [4.69, 9.17) is 5.73 Å². The zero-order chi connectivity index (χ0) is 13.5. The molecule has 1 aliphatic carbocycles. The number of carbonyl (C=O) groups excluding carboxylic acids is 1. The van der Waals surface area contributed by atoms with Gasteiger partial charge in [0, 0.05) is 19.1 Å². The van der Waals surface area contributed by atoms with Crippen molar-refractivity contribution in [1.82, 2.24) is 10.6 Å². The molecule has 1 saturated carbocycles. The molecule has 0 aliphatic heterocycles. The summed E-state index contributed by atoms with van der Waals surface area (Å²) in [6.07, 6.45) is 5.00. The summed E-state index contributed by atoms with van der Waals surface area (Å²) in [5.41, 5.74) is 6.17. The zero-order valence-corrected chi connectivity index (χ0v) is 12.0. The Balaban J connectivity index is 2.23. The highest BCUT2D eigenvalue weighted by atomic mass is 16.2. The maximum atomic E-state index is 11.3. The summed E-state index contributed by atoms with van der Waals surface area (Å²) in [5, 5.41) is 5.56. The van der Waals surface area contributed by atoms with Gasteiger partial charge in [-0.3, -0.25) is 0 Å². The van der Waals surface area contributed by atoms with Crippen LogP contribution in [-0.4, -0.2) is 25.2 Å². The van der Waals surface area contributed by atoms with Gasteiger partial charge in [-0.1, -0.05) is 13.8 Å².